The van der Waals surface area contributed by atoms with E-state index in [4.69, 9.17) is 18.6 Å². The fraction of sp³-hybridized carbons (Fsp3) is 0.154. The second kappa shape index (κ2) is 9.08. The van der Waals surface area contributed by atoms with Gasteiger partial charge in [-0.25, -0.2) is 0 Å². The summed E-state index contributed by atoms with van der Waals surface area (Å²) < 4.78 is 21.9. The third-order valence-electron chi connectivity index (χ3n) is 5.28. The lowest BCUT2D eigenvalue weighted by molar-refractivity contribution is 0.101. The largest absolute Gasteiger partial charge is 0.493 e. The highest BCUT2D eigenvalue weighted by Crippen LogP contribution is 2.39. The first-order valence-corrected chi connectivity index (χ1v) is 10.2. The van der Waals surface area contributed by atoms with E-state index in [1.54, 1.807) is 42.5 Å². The maximum absolute atomic E-state index is 13.2. The molecule has 1 aromatic heterocycles. The van der Waals surface area contributed by atoms with E-state index >= 15 is 0 Å². The monoisotopic (exact) mass is 445 g/mol. The van der Waals surface area contributed by atoms with Crippen molar-refractivity contribution >= 4 is 28.3 Å². The number of fused-ring (bicyclic) bond motifs is 1. The van der Waals surface area contributed by atoms with Gasteiger partial charge < -0.3 is 23.9 Å². The summed E-state index contributed by atoms with van der Waals surface area (Å²) in [4.78, 5) is 26.5. The summed E-state index contributed by atoms with van der Waals surface area (Å²) in [5.41, 5.74) is 2.56. The normalized spacial score (nSPS) is 10.7. The van der Waals surface area contributed by atoms with Gasteiger partial charge in [0.05, 0.1) is 27.0 Å². The molecule has 0 aliphatic rings. The van der Waals surface area contributed by atoms with E-state index in [9.17, 15) is 9.59 Å². The van der Waals surface area contributed by atoms with Gasteiger partial charge in [0.25, 0.3) is 5.91 Å². The van der Waals surface area contributed by atoms with Crippen molar-refractivity contribution in [3.8, 4) is 17.2 Å². The molecule has 33 heavy (non-hydrogen) atoms. The number of anilines is 1. The molecular weight excluding hydrogens is 422 g/mol. The van der Waals surface area contributed by atoms with Gasteiger partial charge in [-0.05, 0) is 31.2 Å². The number of ether oxygens (including phenoxy) is 3. The number of rotatable bonds is 7. The predicted molar refractivity (Wildman–Crippen MR) is 125 cm³/mol. The van der Waals surface area contributed by atoms with Crippen LogP contribution in [0, 0.1) is 6.92 Å². The highest BCUT2D eigenvalue weighted by molar-refractivity contribution is 6.19. The molecule has 0 aliphatic heterocycles. The molecule has 7 heteroatoms. The van der Waals surface area contributed by atoms with Crippen molar-refractivity contribution < 1.29 is 28.2 Å². The SMILES string of the molecule is COc1cc(C(=O)Nc2c(C(=O)c3ccc(C)cc3)oc3ccccc23)cc(OC)c1OC. The van der Waals surface area contributed by atoms with Crippen LogP contribution in [0.3, 0.4) is 0 Å². The molecule has 1 amide bonds. The van der Waals surface area contributed by atoms with Crippen molar-refractivity contribution in [2.45, 2.75) is 6.92 Å². The number of ketones is 1. The Morgan fingerprint density at radius 3 is 2.06 bits per heavy atom. The average Bonchev–Trinajstić information content (AvgIpc) is 3.21. The molecule has 0 fully saturated rings. The van der Waals surface area contributed by atoms with E-state index in [2.05, 4.69) is 5.32 Å². The Balaban J connectivity index is 1.77. The number of benzene rings is 3. The van der Waals surface area contributed by atoms with Gasteiger partial charge in [-0.2, -0.15) is 0 Å². The lowest BCUT2D eigenvalue weighted by Gasteiger charge is -2.14. The number of methoxy groups -OCH3 is 3. The smallest absolute Gasteiger partial charge is 0.256 e. The first kappa shape index (κ1) is 22.0. The minimum absolute atomic E-state index is 0.0563. The number of para-hydroxylation sites is 1. The van der Waals surface area contributed by atoms with Crippen LogP contribution in [0.15, 0.2) is 65.1 Å². The molecule has 0 saturated heterocycles. The number of carbonyl (C=O) groups excluding carboxylic acids is 2. The Morgan fingerprint density at radius 1 is 0.818 bits per heavy atom. The van der Waals surface area contributed by atoms with Gasteiger partial charge >= 0.3 is 0 Å². The molecule has 1 heterocycles. The van der Waals surface area contributed by atoms with Gasteiger partial charge in [-0.3, -0.25) is 9.59 Å². The Morgan fingerprint density at radius 2 is 1.45 bits per heavy atom. The van der Waals surface area contributed by atoms with Crippen LogP contribution in [-0.2, 0) is 0 Å². The zero-order chi connectivity index (χ0) is 23.5. The van der Waals surface area contributed by atoms with E-state index in [1.165, 1.54) is 21.3 Å². The molecule has 0 unspecified atom stereocenters. The van der Waals surface area contributed by atoms with E-state index in [0.717, 1.165) is 5.56 Å². The molecule has 0 aliphatic carbocycles. The van der Waals surface area contributed by atoms with Crippen molar-refractivity contribution in [3.63, 3.8) is 0 Å². The molecule has 0 bridgehead atoms. The van der Waals surface area contributed by atoms with E-state index in [-0.39, 0.29) is 17.1 Å². The van der Waals surface area contributed by atoms with E-state index in [0.29, 0.717) is 39.5 Å². The summed E-state index contributed by atoms with van der Waals surface area (Å²) in [5, 5.41) is 3.47. The second-order valence-corrected chi connectivity index (χ2v) is 7.37. The molecule has 4 rings (SSSR count). The summed E-state index contributed by atoms with van der Waals surface area (Å²) in [6, 6.07) is 17.4. The molecule has 0 atom stereocenters. The maximum atomic E-state index is 13.2. The number of hydrogen-bond acceptors (Lipinski definition) is 6. The van der Waals surface area contributed by atoms with Crippen LogP contribution in [0.25, 0.3) is 11.0 Å². The number of nitrogens with one attached hydrogen (secondary N) is 1. The standard InChI is InChI=1S/C26H23NO6/c1-15-9-11-16(12-10-15)23(28)25-22(18-7-5-6-8-19(18)33-25)27-26(29)17-13-20(30-2)24(32-4)21(14-17)31-3/h5-14H,1-4H3,(H,27,29). The van der Waals surface area contributed by atoms with Crippen LogP contribution < -0.4 is 19.5 Å². The summed E-state index contributed by atoms with van der Waals surface area (Å²) in [6.07, 6.45) is 0. The van der Waals surface area contributed by atoms with Crippen molar-refractivity contribution in [2.24, 2.45) is 0 Å². The summed E-state index contributed by atoms with van der Waals surface area (Å²) in [5.74, 6) is 0.330. The van der Waals surface area contributed by atoms with Crippen molar-refractivity contribution in [2.75, 3.05) is 26.6 Å². The van der Waals surface area contributed by atoms with Crippen LogP contribution in [-0.4, -0.2) is 33.0 Å². The van der Waals surface area contributed by atoms with Crippen LogP contribution in [0.1, 0.15) is 32.0 Å². The van der Waals surface area contributed by atoms with Crippen LogP contribution in [0.5, 0.6) is 17.2 Å². The molecular formula is C26H23NO6. The Labute approximate surface area is 190 Å². The molecule has 0 radical (unpaired) electrons. The van der Waals surface area contributed by atoms with Gasteiger partial charge in [-0.15, -0.1) is 0 Å². The highest BCUT2D eigenvalue weighted by atomic mass is 16.5. The quantitative estimate of drug-likeness (QED) is 0.391. The zero-order valence-corrected chi connectivity index (χ0v) is 18.7. The zero-order valence-electron chi connectivity index (χ0n) is 18.7. The highest BCUT2D eigenvalue weighted by Gasteiger charge is 2.25. The van der Waals surface area contributed by atoms with Crippen molar-refractivity contribution in [1.29, 1.82) is 0 Å². The topological polar surface area (TPSA) is 87.0 Å². The van der Waals surface area contributed by atoms with Gasteiger partial charge in [0.1, 0.15) is 5.58 Å². The fourth-order valence-electron chi connectivity index (χ4n) is 3.56. The first-order valence-electron chi connectivity index (χ1n) is 10.2. The first-order chi connectivity index (χ1) is 16.0. The van der Waals surface area contributed by atoms with Gasteiger partial charge in [-0.1, -0.05) is 42.0 Å². The Bertz CT molecular complexity index is 1310. The summed E-state index contributed by atoms with van der Waals surface area (Å²) in [7, 11) is 4.43. The number of furan rings is 1. The summed E-state index contributed by atoms with van der Waals surface area (Å²) in [6.45, 7) is 1.94. The molecule has 3 aromatic carbocycles. The number of carbonyl (C=O) groups is 2. The van der Waals surface area contributed by atoms with Crippen LogP contribution in [0.2, 0.25) is 0 Å². The third-order valence-corrected chi connectivity index (χ3v) is 5.28. The predicted octanol–water partition coefficient (Wildman–Crippen LogP) is 5.25. The average molecular weight is 445 g/mol. The fourth-order valence-corrected chi connectivity index (χ4v) is 3.56. The van der Waals surface area contributed by atoms with Gasteiger partial charge in [0.2, 0.25) is 11.5 Å². The Hall–Kier alpha value is -4.26. The number of aryl methyl sites for hydroxylation is 1. The van der Waals surface area contributed by atoms with Crippen LogP contribution >= 0.6 is 0 Å². The van der Waals surface area contributed by atoms with Gasteiger partial charge in [0, 0.05) is 16.5 Å². The molecule has 4 aromatic rings. The lowest BCUT2D eigenvalue weighted by Crippen LogP contribution is -2.15. The molecule has 7 nitrogen and oxygen atoms in total. The Kier molecular flexibility index (Phi) is 6.04. The maximum Gasteiger partial charge on any atom is 0.256 e. The second-order valence-electron chi connectivity index (χ2n) is 7.37. The van der Waals surface area contributed by atoms with E-state index < -0.39 is 5.91 Å². The van der Waals surface area contributed by atoms with E-state index in [1.807, 2.05) is 25.1 Å². The lowest BCUT2D eigenvalue weighted by atomic mass is 10.1. The molecule has 0 spiro atoms. The molecule has 0 saturated carbocycles. The molecule has 1 N–H and O–H groups in total. The minimum atomic E-state index is -0.459. The minimum Gasteiger partial charge on any atom is -0.493 e. The van der Waals surface area contributed by atoms with Crippen LogP contribution in [0.4, 0.5) is 5.69 Å². The molecule has 168 valence electrons. The van der Waals surface area contributed by atoms with Crippen molar-refractivity contribution in [3.05, 3.63) is 83.1 Å². The third kappa shape index (κ3) is 4.13. The number of amides is 1. The number of hydrogen-bond donors (Lipinski definition) is 1. The van der Waals surface area contributed by atoms with Gasteiger partial charge in [0.15, 0.2) is 17.3 Å². The van der Waals surface area contributed by atoms with Crippen molar-refractivity contribution in [1.82, 2.24) is 0 Å². The summed E-state index contributed by atoms with van der Waals surface area (Å²) >= 11 is 0.